The van der Waals surface area contributed by atoms with Gasteiger partial charge in [0.1, 0.15) is 5.75 Å². The Kier molecular flexibility index (Phi) is 6.89. The summed E-state index contributed by atoms with van der Waals surface area (Å²) in [6, 6.07) is 16.9. The van der Waals surface area contributed by atoms with E-state index >= 15 is 0 Å². The smallest absolute Gasteiger partial charge is 0.340 e. The summed E-state index contributed by atoms with van der Waals surface area (Å²) in [4.78, 5) is 18.5. The Bertz CT molecular complexity index is 1170. The van der Waals surface area contributed by atoms with Gasteiger partial charge in [-0.05, 0) is 91.6 Å². The summed E-state index contributed by atoms with van der Waals surface area (Å²) in [5.41, 5.74) is 6.34. The predicted molar refractivity (Wildman–Crippen MR) is 139 cm³/mol. The monoisotopic (exact) mass is 471 g/mol. The van der Waals surface area contributed by atoms with Crippen molar-refractivity contribution < 1.29 is 14.3 Å². The number of methoxy groups -OCH3 is 1. The Labute approximate surface area is 207 Å². The van der Waals surface area contributed by atoms with Crippen LogP contribution in [0, 0.1) is 5.92 Å². The molecule has 1 aromatic heterocycles. The van der Waals surface area contributed by atoms with Crippen molar-refractivity contribution in [3.63, 3.8) is 0 Å². The first kappa shape index (κ1) is 23.2. The third kappa shape index (κ3) is 5.42. The number of anilines is 3. The maximum Gasteiger partial charge on any atom is 0.340 e. The summed E-state index contributed by atoms with van der Waals surface area (Å²) in [6.07, 6.45) is 9.25. The third-order valence-corrected chi connectivity index (χ3v) is 7.12. The van der Waals surface area contributed by atoms with Crippen molar-refractivity contribution in [2.45, 2.75) is 38.0 Å². The molecule has 2 aromatic carbocycles. The standard InChI is InChI=1S/C29H33N3O3/c1-32(23-8-11-25(12-9-23)35-19-20-6-7-20)24-10-13-26-21(16-24)4-3-5-22(26)17-31-28-18-30-15-14-27(28)29(33)34-2/h8-16,18,20,22,31H,3-7,17,19H2,1-2H3/t22-/m0/s1. The molecule has 5 rings (SSSR count). The number of fused-ring (bicyclic) bond motifs is 1. The van der Waals surface area contributed by atoms with Crippen LogP contribution >= 0.6 is 0 Å². The fourth-order valence-electron chi connectivity index (χ4n) is 4.79. The molecule has 3 aromatic rings. The first-order valence-electron chi connectivity index (χ1n) is 12.5. The fraction of sp³-hybridized carbons (Fsp3) is 0.379. The molecule has 0 unspecified atom stereocenters. The van der Waals surface area contributed by atoms with Gasteiger partial charge < -0.3 is 19.7 Å². The van der Waals surface area contributed by atoms with Gasteiger partial charge in [0.2, 0.25) is 0 Å². The zero-order valence-electron chi connectivity index (χ0n) is 20.5. The van der Waals surface area contributed by atoms with E-state index in [9.17, 15) is 4.79 Å². The van der Waals surface area contributed by atoms with E-state index in [1.54, 1.807) is 18.5 Å². The average Bonchev–Trinajstić information content (AvgIpc) is 3.74. The zero-order chi connectivity index (χ0) is 24.2. The second kappa shape index (κ2) is 10.4. The van der Waals surface area contributed by atoms with E-state index in [1.807, 2.05) is 0 Å². The summed E-state index contributed by atoms with van der Waals surface area (Å²) in [5, 5.41) is 3.44. The largest absolute Gasteiger partial charge is 0.493 e. The van der Waals surface area contributed by atoms with Crippen molar-refractivity contribution in [2.75, 3.05) is 37.5 Å². The topological polar surface area (TPSA) is 63.7 Å². The van der Waals surface area contributed by atoms with Crippen molar-refractivity contribution in [1.29, 1.82) is 0 Å². The van der Waals surface area contributed by atoms with Gasteiger partial charge in [-0.15, -0.1) is 0 Å². The van der Waals surface area contributed by atoms with Gasteiger partial charge in [-0.1, -0.05) is 6.07 Å². The Morgan fingerprint density at radius 3 is 2.66 bits per heavy atom. The highest BCUT2D eigenvalue weighted by Gasteiger charge is 2.23. The van der Waals surface area contributed by atoms with Crippen LogP contribution < -0.4 is 15.0 Å². The molecule has 35 heavy (non-hydrogen) atoms. The number of ether oxygens (including phenoxy) is 2. The van der Waals surface area contributed by atoms with Crippen LogP contribution in [0.25, 0.3) is 0 Å². The van der Waals surface area contributed by atoms with E-state index in [1.165, 1.54) is 36.8 Å². The Balaban J connectivity index is 1.26. The summed E-state index contributed by atoms with van der Waals surface area (Å²) >= 11 is 0. The minimum absolute atomic E-state index is 0.353. The number of carbonyl (C=O) groups is 1. The van der Waals surface area contributed by atoms with Gasteiger partial charge >= 0.3 is 5.97 Å². The highest BCUT2D eigenvalue weighted by atomic mass is 16.5. The highest BCUT2D eigenvalue weighted by molar-refractivity contribution is 5.95. The van der Waals surface area contributed by atoms with Gasteiger partial charge in [-0.3, -0.25) is 4.98 Å². The molecule has 1 saturated carbocycles. The molecule has 0 radical (unpaired) electrons. The summed E-state index contributed by atoms with van der Waals surface area (Å²) in [6.45, 7) is 1.58. The molecule has 1 fully saturated rings. The summed E-state index contributed by atoms with van der Waals surface area (Å²) in [5.74, 6) is 1.73. The molecule has 0 saturated heterocycles. The molecule has 2 aliphatic rings. The Hall–Kier alpha value is -3.54. The van der Waals surface area contributed by atoms with Crippen LogP contribution in [0.15, 0.2) is 60.9 Å². The lowest BCUT2D eigenvalue weighted by atomic mass is 9.82. The van der Waals surface area contributed by atoms with Crippen molar-refractivity contribution in [3.05, 3.63) is 77.6 Å². The third-order valence-electron chi connectivity index (χ3n) is 7.12. The van der Waals surface area contributed by atoms with Gasteiger partial charge in [0.05, 0.1) is 31.2 Å². The molecule has 0 aliphatic heterocycles. The fourth-order valence-corrected chi connectivity index (χ4v) is 4.79. The molecule has 2 aliphatic carbocycles. The number of hydrogen-bond acceptors (Lipinski definition) is 6. The lowest BCUT2D eigenvalue weighted by molar-refractivity contribution is 0.0601. The number of nitrogens with zero attached hydrogens (tertiary/aromatic N) is 2. The maximum atomic E-state index is 12.1. The Morgan fingerprint density at radius 1 is 1.09 bits per heavy atom. The number of aryl methyl sites for hydroxylation is 1. The maximum absolute atomic E-state index is 12.1. The molecule has 0 amide bonds. The van der Waals surface area contributed by atoms with Crippen molar-refractivity contribution in [2.24, 2.45) is 5.92 Å². The van der Waals surface area contributed by atoms with E-state index in [0.717, 1.165) is 49.8 Å². The zero-order valence-corrected chi connectivity index (χ0v) is 20.5. The SMILES string of the molecule is COC(=O)c1ccncc1NC[C@@H]1CCCc2cc(N(C)c3ccc(OCC4CC4)cc3)ccc21. The molecule has 0 bridgehead atoms. The number of carbonyl (C=O) groups excluding carboxylic acids is 1. The average molecular weight is 472 g/mol. The number of rotatable bonds is 9. The molecular weight excluding hydrogens is 438 g/mol. The quantitative estimate of drug-likeness (QED) is 0.389. The molecular formula is C29H33N3O3. The molecule has 1 N–H and O–H groups in total. The van der Waals surface area contributed by atoms with Crippen molar-refractivity contribution in [3.8, 4) is 5.75 Å². The van der Waals surface area contributed by atoms with Crippen LogP contribution in [0.2, 0.25) is 0 Å². The van der Waals surface area contributed by atoms with Gasteiger partial charge in [0.15, 0.2) is 0 Å². The van der Waals surface area contributed by atoms with Crippen LogP contribution in [0.5, 0.6) is 5.75 Å². The van der Waals surface area contributed by atoms with Crippen LogP contribution in [0.4, 0.5) is 17.1 Å². The summed E-state index contributed by atoms with van der Waals surface area (Å²) < 4.78 is 10.8. The van der Waals surface area contributed by atoms with E-state index in [2.05, 4.69) is 64.7 Å². The molecule has 1 atom stereocenters. The minimum atomic E-state index is -0.353. The lowest BCUT2D eigenvalue weighted by Crippen LogP contribution is -2.20. The van der Waals surface area contributed by atoms with Gasteiger partial charge in [-0.2, -0.15) is 0 Å². The predicted octanol–water partition coefficient (Wildman–Crippen LogP) is 5.96. The molecule has 6 nitrogen and oxygen atoms in total. The summed E-state index contributed by atoms with van der Waals surface area (Å²) in [7, 11) is 3.51. The number of aromatic nitrogens is 1. The number of pyridine rings is 1. The molecule has 6 heteroatoms. The number of esters is 1. The number of hydrogen-bond donors (Lipinski definition) is 1. The molecule has 0 spiro atoms. The minimum Gasteiger partial charge on any atom is -0.493 e. The van der Waals surface area contributed by atoms with Gasteiger partial charge in [-0.25, -0.2) is 4.79 Å². The van der Waals surface area contributed by atoms with E-state index < -0.39 is 0 Å². The van der Waals surface area contributed by atoms with Crippen LogP contribution in [0.3, 0.4) is 0 Å². The van der Waals surface area contributed by atoms with Crippen LogP contribution in [0.1, 0.15) is 53.1 Å². The number of benzene rings is 2. The second-order valence-corrected chi connectivity index (χ2v) is 9.57. The van der Waals surface area contributed by atoms with Crippen molar-refractivity contribution in [1.82, 2.24) is 4.98 Å². The normalized spacial score (nSPS) is 16.8. The second-order valence-electron chi connectivity index (χ2n) is 9.57. The highest BCUT2D eigenvalue weighted by Crippen LogP contribution is 2.36. The first-order chi connectivity index (χ1) is 17.1. The van der Waals surface area contributed by atoms with Gasteiger partial charge in [0, 0.05) is 37.1 Å². The molecule has 1 heterocycles. The number of nitrogens with one attached hydrogen (secondary N) is 1. The lowest BCUT2D eigenvalue weighted by Gasteiger charge is -2.28. The Morgan fingerprint density at radius 2 is 1.89 bits per heavy atom. The first-order valence-corrected chi connectivity index (χ1v) is 12.5. The van der Waals surface area contributed by atoms with Crippen molar-refractivity contribution >= 4 is 23.0 Å². The van der Waals surface area contributed by atoms with Gasteiger partial charge in [0.25, 0.3) is 0 Å². The van der Waals surface area contributed by atoms with E-state index in [0.29, 0.717) is 17.2 Å². The van der Waals surface area contributed by atoms with E-state index in [4.69, 9.17) is 9.47 Å². The van der Waals surface area contributed by atoms with Crippen LogP contribution in [-0.4, -0.2) is 38.3 Å². The molecule has 182 valence electrons. The van der Waals surface area contributed by atoms with E-state index in [-0.39, 0.29) is 5.97 Å². The van der Waals surface area contributed by atoms with Crippen LogP contribution in [-0.2, 0) is 11.2 Å².